The van der Waals surface area contributed by atoms with Crippen molar-refractivity contribution in [1.29, 1.82) is 5.41 Å². The highest BCUT2D eigenvalue weighted by molar-refractivity contribution is 6.01. The Balaban J connectivity index is 2.33. The number of hydrogen-bond acceptors (Lipinski definition) is 5. The number of amidine groups is 1. The topological polar surface area (TPSA) is 137 Å². The number of nitrogens with two attached hydrogens (primary N) is 1. The maximum absolute atomic E-state index is 13.4. The van der Waals surface area contributed by atoms with Crippen LogP contribution in [0.3, 0.4) is 0 Å². The van der Waals surface area contributed by atoms with Crippen LogP contribution in [0, 0.1) is 17.2 Å². The van der Waals surface area contributed by atoms with E-state index in [-0.39, 0.29) is 24.1 Å². The summed E-state index contributed by atoms with van der Waals surface area (Å²) in [6.07, 6.45) is 0.716. The van der Waals surface area contributed by atoms with E-state index in [4.69, 9.17) is 15.9 Å². The van der Waals surface area contributed by atoms with E-state index in [0.29, 0.717) is 38.3 Å². The zero-order valence-electron chi connectivity index (χ0n) is 18.3. The number of aliphatic carboxylic acids is 1. The normalized spacial score (nSPS) is 16.8. The Morgan fingerprint density at radius 1 is 1.23 bits per heavy atom. The lowest BCUT2D eigenvalue weighted by Crippen LogP contribution is -2.53. The lowest BCUT2D eigenvalue weighted by molar-refractivity contribution is -0.157. The fraction of sp³-hybridized carbons (Fsp3) is 0.545. The summed E-state index contributed by atoms with van der Waals surface area (Å²) < 4.78 is 5.31. The number of likely N-dealkylation sites (N-methyl/N-ethyl adjacent to an activating group) is 1. The molecule has 2 rings (SSSR count). The van der Waals surface area contributed by atoms with Crippen molar-refractivity contribution in [2.45, 2.75) is 32.7 Å². The monoisotopic (exact) mass is 432 g/mol. The fourth-order valence-corrected chi connectivity index (χ4v) is 3.74. The number of ether oxygens (including phenoxy) is 1. The predicted molar refractivity (Wildman–Crippen MR) is 116 cm³/mol. The van der Waals surface area contributed by atoms with Crippen LogP contribution < -0.4 is 5.73 Å². The van der Waals surface area contributed by atoms with Crippen LogP contribution in [0.1, 0.15) is 31.4 Å². The number of benzene rings is 1. The number of hydrogen-bond donors (Lipinski definition) is 3. The van der Waals surface area contributed by atoms with Gasteiger partial charge in [-0.25, -0.2) is 4.79 Å². The molecule has 0 spiro atoms. The van der Waals surface area contributed by atoms with Gasteiger partial charge >= 0.3 is 5.97 Å². The molecule has 0 aliphatic carbocycles. The van der Waals surface area contributed by atoms with Gasteiger partial charge in [-0.1, -0.05) is 44.5 Å². The summed E-state index contributed by atoms with van der Waals surface area (Å²) in [5, 5.41) is 17.2. The van der Waals surface area contributed by atoms with Crippen LogP contribution in [-0.4, -0.2) is 77.9 Å². The van der Waals surface area contributed by atoms with Crippen LogP contribution in [0.4, 0.5) is 0 Å². The molecule has 0 bridgehead atoms. The maximum atomic E-state index is 13.4. The van der Waals surface area contributed by atoms with E-state index >= 15 is 0 Å². The number of carboxylic acid groups (broad SMARTS) is 1. The molecular formula is C22H32N4O5. The molecule has 3 atom stereocenters. The first-order valence-electron chi connectivity index (χ1n) is 10.5. The quantitative estimate of drug-likeness (QED) is 0.302. The van der Waals surface area contributed by atoms with Crippen LogP contribution in [0.25, 0.3) is 0 Å². The Hall–Kier alpha value is -2.94. The molecule has 9 nitrogen and oxygen atoms in total. The maximum Gasteiger partial charge on any atom is 0.326 e. The average Bonchev–Trinajstić information content (AvgIpc) is 2.77. The van der Waals surface area contributed by atoms with E-state index in [2.05, 4.69) is 0 Å². The smallest absolute Gasteiger partial charge is 0.326 e. The van der Waals surface area contributed by atoms with Gasteiger partial charge in [-0.15, -0.1) is 0 Å². The summed E-state index contributed by atoms with van der Waals surface area (Å²) in [6, 6.07) is 5.78. The summed E-state index contributed by atoms with van der Waals surface area (Å²) >= 11 is 0. The number of carbonyl (C=O) groups is 3. The second-order valence-corrected chi connectivity index (χ2v) is 7.92. The van der Waals surface area contributed by atoms with Crippen molar-refractivity contribution in [2.75, 3.05) is 33.4 Å². The number of nitrogens with one attached hydrogen (secondary N) is 1. The molecule has 1 heterocycles. The lowest BCUT2D eigenvalue weighted by atomic mass is 9.92. The molecule has 9 heteroatoms. The van der Waals surface area contributed by atoms with E-state index < -0.39 is 23.8 Å². The Labute approximate surface area is 182 Å². The van der Waals surface area contributed by atoms with E-state index in [0.717, 1.165) is 5.56 Å². The molecule has 170 valence electrons. The standard InChI is InChI=1S/C22H32N4O5/c1-4-14(2)18(22(29)30)25(3)20(27)17(21(28)26-9-11-31-12-10-26)13-15-5-7-16(8-6-15)19(23)24/h5-8,14,17-18H,4,9-13H2,1-3H3,(H3,23,24)(H,29,30)/t14-,17?,18-/m0/s1. The van der Waals surface area contributed by atoms with Crippen molar-refractivity contribution < 1.29 is 24.2 Å². The molecule has 1 aromatic rings. The molecule has 1 saturated heterocycles. The SMILES string of the molecule is CC[C@H](C)[C@@H](C(=O)O)N(C)C(=O)C(Cc1ccc(C(=N)N)cc1)C(=O)N1CCOCC1. The summed E-state index contributed by atoms with van der Waals surface area (Å²) in [7, 11) is 1.45. The summed E-state index contributed by atoms with van der Waals surface area (Å²) in [6.45, 7) is 5.24. The van der Waals surface area contributed by atoms with Crippen molar-refractivity contribution in [3.63, 3.8) is 0 Å². The van der Waals surface area contributed by atoms with E-state index in [1.54, 1.807) is 36.1 Å². The van der Waals surface area contributed by atoms with Gasteiger partial charge in [0.2, 0.25) is 11.8 Å². The highest BCUT2D eigenvalue weighted by Gasteiger charge is 2.39. The van der Waals surface area contributed by atoms with Crippen molar-refractivity contribution in [2.24, 2.45) is 17.6 Å². The van der Waals surface area contributed by atoms with Crippen molar-refractivity contribution in [3.05, 3.63) is 35.4 Å². The third kappa shape index (κ3) is 6.04. The van der Waals surface area contributed by atoms with Gasteiger partial charge < -0.3 is 25.4 Å². The van der Waals surface area contributed by atoms with E-state index in [1.807, 2.05) is 6.92 Å². The highest BCUT2D eigenvalue weighted by atomic mass is 16.5. The molecule has 0 radical (unpaired) electrons. The molecule has 0 aromatic heterocycles. The van der Waals surface area contributed by atoms with Gasteiger partial charge in [-0.3, -0.25) is 15.0 Å². The summed E-state index contributed by atoms with van der Waals surface area (Å²) in [4.78, 5) is 41.3. The average molecular weight is 433 g/mol. The predicted octanol–water partition coefficient (Wildman–Crippen LogP) is 0.946. The van der Waals surface area contributed by atoms with Crippen LogP contribution in [-0.2, 0) is 25.5 Å². The lowest BCUT2D eigenvalue weighted by Gasteiger charge is -2.34. The van der Waals surface area contributed by atoms with Gasteiger partial charge in [0.1, 0.15) is 17.8 Å². The largest absolute Gasteiger partial charge is 0.480 e. The first-order valence-corrected chi connectivity index (χ1v) is 10.5. The minimum atomic E-state index is -1.09. The minimum Gasteiger partial charge on any atom is -0.480 e. The van der Waals surface area contributed by atoms with Gasteiger partial charge in [0.25, 0.3) is 0 Å². The van der Waals surface area contributed by atoms with Gasteiger partial charge in [0.05, 0.1) is 13.2 Å². The minimum absolute atomic E-state index is 0.0684. The Morgan fingerprint density at radius 2 is 1.81 bits per heavy atom. The van der Waals surface area contributed by atoms with Gasteiger partial charge in [-0.05, 0) is 17.9 Å². The fourth-order valence-electron chi connectivity index (χ4n) is 3.74. The third-order valence-electron chi connectivity index (χ3n) is 5.82. The number of rotatable bonds is 9. The van der Waals surface area contributed by atoms with Crippen LogP contribution in [0.5, 0.6) is 0 Å². The van der Waals surface area contributed by atoms with Crippen LogP contribution in [0.15, 0.2) is 24.3 Å². The molecule has 31 heavy (non-hydrogen) atoms. The van der Waals surface area contributed by atoms with E-state index in [1.165, 1.54) is 11.9 Å². The molecule has 1 aromatic carbocycles. The zero-order chi connectivity index (χ0) is 23.1. The van der Waals surface area contributed by atoms with E-state index in [9.17, 15) is 19.5 Å². The third-order valence-corrected chi connectivity index (χ3v) is 5.82. The number of nitrogens with zero attached hydrogens (tertiary/aromatic N) is 2. The molecule has 1 unspecified atom stereocenters. The van der Waals surface area contributed by atoms with Gasteiger partial charge in [-0.2, -0.15) is 0 Å². The zero-order valence-corrected chi connectivity index (χ0v) is 18.3. The number of morpholine rings is 1. The molecular weight excluding hydrogens is 400 g/mol. The number of carbonyl (C=O) groups excluding carboxylic acids is 2. The van der Waals surface area contributed by atoms with Crippen molar-refractivity contribution in [1.82, 2.24) is 9.80 Å². The molecule has 2 amide bonds. The van der Waals surface area contributed by atoms with Crippen LogP contribution >= 0.6 is 0 Å². The molecule has 1 fully saturated rings. The summed E-state index contributed by atoms with van der Waals surface area (Å²) in [5.74, 6) is -3.31. The van der Waals surface area contributed by atoms with Crippen LogP contribution in [0.2, 0.25) is 0 Å². The Kier molecular flexibility index (Phi) is 8.56. The first kappa shape index (κ1) is 24.3. The second-order valence-electron chi connectivity index (χ2n) is 7.92. The Bertz CT molecular complexity index is 805. The number of amides is 2. The highest BCUT2D eigenvalue weighted by Crippen LogP contribution is 2.21. The number of carboxylic acids is 1. The molecule has 4 N–H and O–H groups in total. The second kappa shape index (κ2) is 10.9. The first-order chi connectivity index (χ1) is 14.7. The van der Waals surface area contributed by atoms with Gasteiger partial charge in [0, 0.05) is 25.7 Å². The molecule has 1 aliphatic heterocycles. The molecule has 0 saturated carbocycles. The molecule has 1 aliphatic rings. The number of nitrogen functional groups attached to an aromatic ring is 1. The van der Waals surface area contributed by atoms with Crippen molar-refractivity contribution in [3.8, 4) is 0 Å². The van der Waals surface area contributed by atoms with Gasteiger partial charge in [0.15, 0.2) is 0 Å². The summed E-state index contributed by atoms with van der Waals surface area (Å²) in [5.41, 5.74) is 6.77. The Morgan fingerprint density at radius 3 is 2.29 bits per heavy atom. The van der Waals surface area contributed by atoms with Crippen molar-refractivity contribution >= 4 is 23.6 Å².